The SMILES string of the molecule is Cc1c(CC(F)(F)F)oc2c(F)cc(F)cc12.NCCC(=O)N1CCN(c2ncc(NC(N)=O)cn2)CC1. The third-order valence-electron chi connectivity index (χ3n) is 5.60. The van der Waals surface area contributed by atoms with Crippen molar-refractivity contribution in [1.82, 2.24) is 14.9 Å². The third kappa shape index (κ3) is 7.50. The first-order chi connectivity index (χ1) is 17.9. The predicted molar refractivity (Wildman–Crippen MR) is 128 cm³/mol. The van der Waals surface area contributed by atoms with Crippen LogP contribution >= 0.6 is 0 Å². The van der Waals surface area contributed by atoms with E-state index < -0.39 is 36.0 Å². The van der Waals surface area contributed by atoms with Gasteiger partial charge in [0, 0.05) is 50.6 Å². The van der Waals surface area contributed by atoms with Crippen LogP contribution in [-0.4, -0.2) is 65.7 Å². The largest absolute Gasteiger partial charge is 0.457 e. The number of alkyl halides is 3. The monoisotopic (exact) mass is 543 g/mol. The molecule has 1 aliphatic heterocycles. The number of aryl methyl sites for hydroxylation is 1. The van der Waals surface area contributed by atoms with Gasteiger partial charge in [0.05, 0.1) is 18.1 Å². The molecule has 0 unspecified atom stereocenters. The van der Waals surface area contributed by atoms with Crippen LogP contribution in [-0.2, 0) is 11.2 Å². The number of fused-ring (bicyclic) bond motifs is 1. The number of hydrogen-bond donors (Lipinski definition) is 3. The maximum absolute atomic E-state index is 13.3. The summed E-state index contributed by atoms with van der Waals surface area (Å²) in [4.78, 5) is 34.6. The molecular formula is C23H26F5N7O3. The van der Waals surface area contributed by atoms with Crippen molar-refractivity contribution in [2.75, 3.05) is 42.9 Å². The van der Waals surface area contributed by atoms with Crippen LogP contribution < -0.4 is 21.7 Å². The molecule has 1 fully saturated rings. The summed E-state index contributed by atoms with van der Waals surface area (Å²) in [6.07, 6.45) is -2.37. The molecule has 0 radical (unpaired) electrons. The van der Waals surface area contributed by atoms with E-state index in [1.54, 1.807) is 4.90 Å². The molecule has 0 bridgehead atoms. The lowest BCUT2D eigenvalue weighted by atomic mass is 10.1. The number of carbonyl (C=O) groups excluding carboxylic acids is 2. The van der Waals surface area contributed by atoms with Crippen molar-refractivity contribution in [2.24, 2.45) is 11.5 Å². The van der Waals surface area contributed by atoms with Gasteiger partial charge < -0.3 is 31.0 Å². The van der Waals surface area contributed by atoms with Crippen LogP contribution in [0.3, 0.4) is 0 Å². The van der Waals surface area contributed by atoms with Gasteiger partial charge in [-0.1, -0.05) is 0 Å². The van der Waals surface area contributed by atoms with Crippen LogP contribution in [0.4, 0.5) is 38.4 Å². The first-order valence-corrected chi connectivity index (χ1v) is 11.4. The maximum Gasteiger partial charge on any atom is 0.396 e. The molecule has 38 heavy (non-hydrogen) atoms. The van der Waals surface area contributed by atoms with E-state index in [2.05, 4.69) is 15.3 Å². The number of nitrogens with zero attached hydrogens (tertiary/aromatic N) is 4. The Balaban J connectivity index is 0.000000215. The van der Waals surface area contributed by atoms with Gasteiger partial charge in [-0.05, 0) is 18.6 Å². The zero-order valence-corrected chi connectivity index (χ0v) is 20.3. The Morgan fingerprint density at radius 3 is 2.29 bits per heavy atom. The van der Waals surface area contributed by atoms with Crippen LogP contribution in [0.5, 0.6) is 0 Å². The Kier molecular flexibility index (Phi) is 9.04. The van der Waals surface area contributed by atoms with Crippen molar-refractivity contribution < 1.29 is 36.0 Å². The van der Waals surface area contributed by atoms with E-state index in [9.17, 15) is 31.5 Å². The number of anilines is 2. The van der Waals surface area contributed by atoms with Gasteiger partial charge in [-0.2, -0.15) is 13.2 Å². The molecule has 3 heterocycles. The standard InChI is InChI=1S/C12H19N7O2.C11H7F5O/c13-2-1-10(20)18-3-5-19(6-4-18)12-15-7-9(8-16-12)17-11(14)21;1-5-7-2-6(12)3-8(13)10(7)17-9(5)4-11(14,15)16/h7-8H,1-6,13H2,(H3,14,17,21);2-3H,4H2,1H3. The number of aromatic nitrogens is 2. The Morgan fingerprint density at radius 1 is 1.11 bits per heavy atom. The van der Waals surface area contributed by atoms with E-state index in [0.717, 1.165) is 6.07 Å². The van der Waals surface area contributed by atoms with Gasteiger partial charge in [0.1, 0.15) is 18.0 Å². The lowest BCUT2D eigenvalue weighted by molar-refractivity contribution is -0.131. The Morgan fingerprint density at radius 2 is 1.74 bits per heavy atom. The van der Waals surface area contributed by atoms with Gasteiger partial charge in [0.2, 0.25) is 11.9 Å². The normalized spacial score (nSPS) is 13.8. The lowest BCUT2D eigenvalue weighted by Gasteiger charge is -2.34. The highest BCUT2D eigenvalue weighted by Crippen LogP contribution is 2.32. The van der Waals surface area contributed by atoms with Crippen molar-refractivity contribution in [3.8, 4) is 0 Å². The molecule has 5 N–H and O–H groups in total. The molecule has 1 aromatic carbocycles. The fraction of sp³-hybridized carbons (Fsp3) is 0.391. The van der Waals surface area contributed by atoms with Crippen molar-refractivity contribution in [3.63, 3.8) is 0 Å². The number of nitrogens with two attached hydrogens (primary N) is 2. The Labute approximate surface area is 213 Å². The molecule has 0 aliphatic carbocycles. The Hall–Kier alpha value is -4.01. The molecule has 10 nitrogen and oxygen atoms in total. The lowest BCUT2D eigenvalue weighted by Crippen LogP contribution is -2.49. The molecule has 1 saturated heterocycles. The molecule has 3 aromatic rings. The zero-order chi connectivity index (χ0) is 28.0. The summed E-state index contributed by atoms with van der Waals surface area (Å²) in [5.41, 5.74) is 10.6. The summed E-state index contributed by atoms with van der Waals surface area (Å²) >= 11 is 0. The number of rotatable bonds is 5. The van der Waals surface area contributed by atoms with Crippen LogP contribution in [0.1, 0.15) is 17.7 Å². The summed E-state index contributed by atoms with van der Waals surface area (Å²) in [5, 5.41) is 2.43. The fourth-order valence-electron chi connectivity index (χ4n) is 3.77. The van der Waals surface area contributed by atoms with Gasteiger partial charge in [0.15, 0.2) is 11.4 Å². The molecule has 4 rings (SSSR count). The highest BCUT2D eigenvalue weighted by Gasteiger charge is 2.31. The fourth-order valence-corrected chi connectivity index (χ4v) is 3.77. The second kappa shape index (κ2) is 12.0. The van der Waals surface area contributed by atoms with Crippen molar-refractivity contribution in [1.29, 1.82) is 0 Å². The quantitative estimate of drug-likeness (QED) is 0.420. The second-order valence-electron chi connectivity index (χ2n) is 8.37. The average molecular weight is 543 g/mol. The number of benzene rings is 1. The van der Waals surface area contributed by atoms with Crippen molar-refractivity contribution in [3.05, 3.63) is 47.5 Å². The van der Waals surface area contributed by atoms with Gasteiger partial charge in [-0.3, -0.25) is 4.79 Å². The number of hydrogen-bond acceptors (Lipinski definition) is 7. The average Bonchev–Trinajstić information content (AvgIpc) is 3.14. The molecule has 1 aliphatic rings. The molecular weight excluding hydrogens is 517 g/mol. The van der Waals surface area contributed by atoms with E-state index in [0.29, 0.717) is 56.8 Å². The summed E-state index contributed by atoms with van der Waals surface area (Å²) in [6, 6.07) is 0.873. The number of piperazine rings is 1. The van der Waals surface area contributed by atoms with E-state index in [4.69, 9.17) is 15.9 Å². The van der Waals surface area contributed by atoms with E-state index >= 15 is 0 Å². The zero-order valence-electron chi connectivity index (χ0n) is 20.3. The number of nitrogens with one attached hydrogen (secondary N) is 1. The van der Waals surface area contributed by atoms with Crippen molar-refractivity contribution >= 4 is 34.5 Å². The Bertz CT molecular complexity index is 1270. The molecule has 3 amide bonds. The van der Waals surface area contributed by atoms with Crippen molar-refractivity contribution in [2.45, 2.75) is 25.9 Å². The van der Waals surface area contributed by atoms with Gasteiger partial charge >= 0.3 is 12.2 Å². The summed E-state index contributed by atoms with van der Waals surface area (Å²) < 4.78 is 67.6. The summed E-state index contributed by atoms with van der Waals surface area (Å²) in [7, 11) is 0. The minimum Gasteiger partial charge on any atom is -0.457 e. The molecule has 15 heteroatoms. The number of furan rings is 1. The number of urea groups is 1. The summed E-state index contributed by atoms with van der Waals surface area (Å²) in [6.45, 7) is 4.30. The first-order valence-electron chi connectivity index (χ1n) is 11.4. The van der Waals surface area contributed by atoms with Crippen LogP contribution in [0, 0.1) is 18.6 Å². The third-order valence-corrected chi connectivity index (χ3v) is 5.60. The molecule has 206 valence electrons. The van der Waals surface area contributed by atoms with Crippen LogP contribution in [0.25, 0.3) is 11.0 Å². The topological polar surface area (TPSA) is 144 Å². The number of primary amides is 1. The van der Waals surface area contributed by atoms with Gasteiger partial charge in [-0.15, -0.1) is 0 Å². The highest BCUT2D eigenvalue weighted by atomic mass is 19.4. The molecule has 0 spiro atoms. The minimum absolute atomic E-state index is 0.0294. The van der Waals surface area contributed by atoms with E-state index in [1.807, 2.05) is 4.90 Å². The number of carbonyl (C=O) groups is 2. The number of amides is 3. The molecule has 2 aromatic heterocycles. The van der Waals surface area contributed by atoms with E-state index in [1.165, 1.54) is 19.3 Å². The molecule has 0 saturated carbocycles. The van der Waals surface area contributed by atoms with Crippen LogP contribution in [0.15, 0.2) is 28.9 Å². The maximum atomic E-state index is 13.3. The molecule has 0 atom stereocenters. The van der Waals surface area contributed by atoms with Gasteiger partial charge in [0.25, 0.3) is 0 Å². The van der Waals surface area contributed by atoms with Crippen LogP contribution in [0.2, 0.25) is 0 Å². The predicted octanol–water partition coefficient (Wildman–Crippen LogP) is 3.09. The highest BCUT2D eigenvalue weighted by molar-refractivity contribution is 5.87. The smallest absolute Gasteiger partial charge is 0.396 e. The second-order valence-corrected chi connectivity index (χ2v) is 8.37. The number of halogens is 5. The summed E-state index contributed by atoms with van der Waals surface area (Å²) in [5.74, 6) is -1.60. The minimum atomic E-state index is -4.45. The van der Waals surface area contributed by atoms with Gasteiger partial charge in [-0.25, -0.2) is 23.5 Å². The first kappa shape index (κ1) is 28.6. The van der Waals surface area contributed by atoms with E-state index in [-0.39, 0.29) is 22.4 Å².